The van der Waals surface area contributed by atoms with E-state index in [1.807, 2.05) is 25.6 Å². The quantitative estimate of drug-likeness (QED) is 0.715. The van der Waals surface area contributed by atoms with Crippen LogP contribution in [0.25, 0.3) is 0 Å². The summed E-state index contributed by atoms with van der Waals surface area (Å²) in [5.74, 6) is 1.18. The minimum Gasteiger partial charge on any atom is -0.299 e. The molecule has 0 unspecified atom stereocenters. The van der Waals surface area contributed by atoms with Crippen LogP contribution in [-0.4, -0.2) is 27.6 Å². The SMILES string of the molecule is CSCCC(=O)Cc1ccn(C)n1. The molecule has 0 aromatic carbocycles. The average Bonchev–Trinajstić information content (AvgIpc) is 2.48. The topological polar surface area (TPSA) is 34.9 Å². The van der Waals surface area contributed by atoms with Gasteiger partial charge in [0.15, 0.2) is 0 Å². The molecule has 1 aromatic rings. The van der Waals surface area contributed by atoms with Gasteiger partial charge >= 0.3 is 0 Å². The van der Waals surface area contributed by atoms with Crippen LogP contribution in [0.4, 0.5) is 0 Å². The van der Waals surface area contributed by atoms with Gasteiger partial charge in [0.2, 0.25) is 0 Å². The Balaban J connectivity index is 2.36. The normalized spacial score (nSPS) is 10.3. The zero-order valence-corrected chi connectivity index (χ0v) is 8.80. The van der Waals surface area contributed by atoms with Crippen LogP contribution in [0.3, 0.4) is 0 Å². The standard InChI is InChI=1S/C9H14N2OS/c1-11-5-3-8(10-11)7-9(12)4-6-13-2/h3,5H,4,6-7H2,1-2H3. The van der Waals surface area contributed by atoms with Gasteiger partial charge in [-0.15, -0.1) is 0 Å². The third-order valence-corrected chi connectivity index (χ3v) is 2.34. The lowest BCUT2D eigenvalue weighted by Gasteiger charge is -1.95. The summed E-state index contributed by atoms with van der Waals surface area (Å²) in [7, 11) is 1.86. The number of rotatable bonds is 5. The van der Waals surface area contributed by atoms with E-state index in [0.717, 1.165) is 11.4 Å². The molecule has 0 bridgehead atoms. The zero-order valence-electron chi connectivity index (χ0n) is 7.99. The number of aromatic nitrogens is 2. The van der Waals surface area contributed by atoms with Gasteiger partial charge < -0.3 is 0 Å². The fourth-order valence-electron chi connectivity index (χ4n) is 1.06. The number of thioether (sulfide) groups is 1. The minimum atomic E-state index is 0.271. The molecule has 0 aliphatic rings. The number of Topliss-reactive ketones (excluding diaryl/α,β-unsaturated/α-hetero) is 1. The molecule has 1 rings (SSSR count). The zero-order chi connectivity index (χ0) is 9.68. The summed E-state index contributed by atoms with van der Waals surface area (Å²) in [5.41, 5.74) is 0.869. The van der Waals surface area contributed by atoms with Gasteiger partial charge in [0, 0.05) is 19.7 Å². The second kappa shape index (κ2) is 5.07. The molecule has 1 aromatic heterocycles. The molecular formula is C9H14N2OS. The second-order valence-corrected chi connectivity index (χ2v) is 3.92. The first-order valence-corrected chi connectivity index (χ1v) is 5.61. The number of nitrogens with zero attached hydrogens (tertiary/aromatic N) is 2. The Morgan fingerprint density at radius 3 is 3.00 bits per heavy atom. The molecule has 0 spiro atoms. The number of carbonyl (C=O) groups excluding carboxylic acids is 1. The number of aryl methyl sites for hydroxylation is 1. The van der Waals surface area contributed by atoms with Crippen LogP contribution in [0.1, 0.15) is 12.1 Å². The van der Waals surface area contributed by atoms with E-state index in [0.29, 0.717) is 12.8 Å². The summed E-state index contributed by atoms with van der Waals surface area (Å²) in [6, 6.07) is 1.89. The number of hydrogen-bond donors (Lipinski definition) is 0. The molecule has 0 aliphatic heterocycles. The van der Waals surface area contributed by atoms with Crippen molar-refractivity contribution in [3.63, 3.8) is 0 Å². The van der Waals surface area contributed by atoms with Crippen LogP contribution in [0.5, 0.6) is 0 Å². The van der Waals surface area contributed by atoms with Crippen molar-refractivity contribution in [2.24, 2.45) is 7.05 Å². The van der Waals surface area contributed by atoms with Gasteiger partial charge in [-0.3, -0.25) is 9.48 Å². The highest BCUT2D eigenvalue weighted by molar-refractivity contribution is 7.98. The monoisotopic (exact) mass is 198 g/mol. The molecule has 13 heavy (non-hydrogen) atoms. The van der Waals surface area contributed by atoms with Crippen molar-refractivity contribution in [1.29, 1.82) is 0 Å². The number of hydrogen-bond acceptors (Lipinski definition) is 3. The van der Waals surface area contributed by atoms with Gasteiger partial charge in [0.05, 0.1) is 12.1 Å². The van der Waals surface area contributed by atoms with Gasteiger partial charge in [-0.05, 0) is 18.1 Å². The summed E-state index contributed by atoms with van der Waals surface area (Å²) >= 11 is 1.70. The fourth-order valence-corrected chi connectivity index (χ4v) is 1.50. The Labute approximate surface area is 82.5 Å². The van der Waals surface area contributed by atoms with Gasteiger partial charge in [-0.2, -0.15) is 16.9 Å². The highest BCUT2D eigenvalue weighted by Gasteiger charge is 2.04. The average molecular weight is 198 g/mol. The lowest BCUT2D eigenvalue weighted by Crippen LogP contribution is -2.04. The largest absolute Gasteiger partial charge is 0.299 e. The van der Waals surface area contributed by atoms with Crippen LogP contribution >= 0.6 is 11.8 Å². The predicted octanol–water partition coefficient (Wildman–Crippen LogP) is 1.28. The van der Waals surface area contributed by atoms with Crippen molar-refractivity contribution in [1.82, 2.24) is 9.78 Å². The Morgan fingerprint density at radius 1 is 1.69 bits per heavy atom. The van der Waals surface area contributed by atoms with E-state index in [4.69, 9.17) is 0 Å². The minimum absolute atomic E-state index is 0.271. The fraction of sp³-hybridized carbons (Fsp3) is 0.556. The van der Waals surface area contributed by atoms with Crippen LogP contribution in [-0.2, 0) is 18.3 Å². The Morgan fingerprint density at radius 2 is 2.46 bits per heavy atom. The van der Waals surface area contributed by atoms with E-state index >= 15 is 0 Å². The van der Waals surface area contributed by atoms with E-state index in [1.54, 1.807) is 16.4 Å². The second-order valence-electron chi connectivity index (χ2n) is 2.94. The summed E-state index contributed by atoms with van der Waals surface area (Å²) in [4.78, 5) is 11.3. The molecular weight excluding hydrogens is 184 g/mol. The molecule has 0 radical (unpaired) electrons. The van der Waals surface area contributed by atoms with E-state index in [9.17, 15) is 4.79 Å². The van der Waals surface area contributed by atoms with Gasteiger partial charge in [-0.1, -0.05) is 0 Å². The van der Waals surface area contributed by atoms with Crippen molar-refractivity contribution in [2.45, 2.75) is 12.8 Å². The van der Waals surface area contributed by atoms with Gasteiger partial charge in [0.1, 0.15) is 5.78 Å². The van der Waals surface area contributed by atoms with Crippen molar-refractivity contribution < 1.29 is 4.79 Å². The predicted molar refractivity (Wildman–Crippen MR) is 54.9 cm³/mol. The molecule has 3 nitrogen and oxygen atoms in total. The molecule has 0 saturated carbocycles. The van der Waals surface area contributed by atoms with Gasteiger partial charge in [0.25, 0.3) is 0 Å². The lowest BCUT2D eigenvalue weighted by atomic mass is 10.2. The maximum atomic E-state index is 11.3. The lowest BCUT2D eigenvalue weighted by molar-refractivity contribution is -0.118. The molecule has 0 N–H and O–H groups in total. The number of carbonyl (C=O) groups is 1. The first-order chi connectivity index (χ1) is 6.22. The third-order valence-electron chi connectivity index (χ3n) is 1.73. The molecule has 0 aliphatic carbocycles. The smallest absolute Gasteiger partial charge is 0.139 e. The Bertz CT molecular complexity index is 283. The van der Waals surface area contributed by atoms with Crippen LogP contribution in [0.2, 0.25) is 0 Å². The highest BCUT2D eigenvalue weighted by Crippen LogP contribution is 2.02. The number of ketones is 1. The molecule has 0 amide bonds. The van der Waals surface area contributed by atoms with Crippen molar-refractivity contribution in [3.05, 3.63) is 18.0 Å². The molecule has 4 heteroatoms. The molecule has 1 heterocycles. The summed E-state index contributed by atoms with van der Waals surface area (Å²) < 4.78 is 1.72. The maximum absolute atomic E-state index is 11.3. The van der Waals surface area contributed by atoms with E-state index in [-0.39, 0.29) is 5.78 Å². The molecule has 0 fully saturated rings. The third kappa shape index (κ3) is 3.63. The van der Waals surface area contributed by atoms with Crippen molar-refractivity contribution in [3.8, 4) is 0 Å². The first-order valence-electron chi connectivity index (χ1n) is 4.21. The Hall–Kier alpha value is -0.770. The molecule has 0 atom stereocenters. The maximum Gasteiger partial charge on any atom is 0.139 e. The highest BCUT2D eigenvalue weighted by atomic mass is 32.2. The van der Waals surface area contributed by atoms with Crippen LogP contribution < -0.4 is 0 Å². The van der Waals surface area contributed by atoms with E-state index in [1.165, 1.54) is 0 Å². The summed E-state index contributed by atoms with van der Waals surface area (Å²) in [6.07, 6.45) is 4.99. The molecule has 0 saturated heterocycles. The van der Waals surface area contributed by atoms with Crippen LogP contribution in [0, 0.1) is 0 Å². The first kappa shape index (κ1) is 10.3. The van der Waals surface area contributed by atoms with Gasteiger partial charge in [-0.25, -0.2) is 0 Å². The van der Waals surface area contributed by atoms with Crippen molar-refractivity contribution in [2.75, 3.05) is 12.0 Å². The summed E-state index contributed by atoms with van der Waals surface area (Å²) in [6.45, 7) is 0. The Kier molecular flexibility index (Phi) is 4.02. The molecule has 72 valence electrons. The van der Waals surface area contributed by atoms with Crippen LogP contribution in [0.15, 0.2) is 12.3 Å². The summed E-state index contributed by atoms with van der Waals surface area (Å²) in [5, 5.41) is 4.15. The van der Waals surface area contributed by atoms with Crippen molar-refractivity contribution >= 4 is 17.5 Å². The van der Waals surface area contributed by atoms with E-state index in [2.05, 4.69) is 5.10 Å². The van der Waals surface area contributed by atoms with E-state index < -0.39 is 0 Å².